The van der Waals surface area contributed by atoms with Crippen LogP contribution in [0.25, 0.3) is 0 Å². The molecule has 2 aromatic rings. The number of anilines is 1. The maximum atomic E-state index is 12.5. The van der Waals surface area contributed by atoms with Gasteiger partial charge in [-0.05, 0) is 51.7 Å². The maximum absolute atomic E-state index is 12.5. The van der Waals surface area contributed by atoms with Gasteiger partial charge in [-0.25, -0.2) is 9.97 Å². The fraction of sp³-hybridized carbons (Fsp3) is 0.571. The molecule has 0 spiro atoms. The average molecular weight is 367 g/mol. The van der Waals surface area contributed by atoms with Crippen LogP contribution in [0.2, 0.25) is 0 Å². The van der Waals surface area contributed by atoms with Gasteiger partial charge in [-0.1, -0.05) is 0 Å². The molecule has 0 N–H and O–H groups in total. The molecule has 0 aliphatic carbocycles. The van der Waals surface area contributed by atoms with Gasteiger partial charge in [-0.3, -0.25) is 4.79 Å². The van der Waals surface area contributed by atoms with Gasteiger partial charge < -0.3 is 14.4 Å². The number of hydrogen-bond acceptors (Lipinski definition) is 4. The first-order valence-corrected chi connectivity index (χ1v) is 10.2. The van der Waals surface area contributed by atoms with Crippen LogP contribution < -0.4 is 4.90 Å². The van der Waals surface area contributed by atoms with Crippen LogP contribution in [0, 0.1) is 0 Å². The van der Waals surface area contributed by atoms with Crippen molar-refractivity contribution in [3.8, 4) is 0 Å². The molecular weight excluding hydrogens is 338 g/mol. The van der Waals surface area contributed by atoms with Gasteiger partial charge in [0, 0.05) is 56.7 Å². The maximum Gasteiger partial charge on any atom is 0.255 e. The smallest absolute Gasteiger partial charge is 0.255 e. The van der Waals surface area contributed by atoms with E-state index >= 15 is 0 Å². The van der Waals surface area contributed by atoms with Crippen molar-refractivity contribution in [2.45, 2.75) is 51.5 Å². The Kier molecular flexibility index (Phi) is 5.14. The number of carbonyl (C=O) groups excluding carboxylic acids is 1. The van der Waals surface area contributed by atoms with Crippen LogP contribution in [0.1, 0.15) is 67.7 Å². The molecule has 144 valence electrons. The monoisotopic (exact) mass is 367 g/mol. The molecule has 1 atom stereocenters. The molecule has 1 amide bonds. The second kappa shape index (κ2) is 7.71. The fourth-order valence-corrected chi connectivity index (χ4v) is 4.28. The van der Waals surface area contributed by atoms with Gasteiger partial charge in [0.05, 0.1) is 5.56 Å². The predicted octanol–water partition coefficient (Wildman–Crippen LogP) is 3.48. The number of nitrogens with zero attached hydrogens (tertiary/aromatic N) is 5. The van der Waals surface area contributed by atoms with Crippen molar-refractivity contribution in [2.75, 3.05) is 31.1 Å². The van der Waals surface area contributed by atoms with Crippen LogP contribution in [-0.4, -0.2) is 51.5 Å². The lowest BCUT2D eigenvalue weighted by atomic mass is 9.97. The summed E-state index contributed by atoms with van der Waals surface area (Å²) in [5.74, 6) is 2.67. The van der Waals surface area contributed by atoms with Gasteiger partial charge in [0.1, 0.15) is 11.6 Å². The normalized spacial score (nSPS) is 20.5. The first-order valence-electron chi connectivity index (χ1n) is 10.2. The van der Waals surface area contributed by atoms with E-state index in [-0.39, 0.29) is 5.91 Å². The molecule has 2 saturated heterocycles. The summed E-state index contributed by atoms with van der Waals surface area (Å²) in [6.45, 7) is 8.07. The van der Waals surface area contributed by atoms with Gasteiger partial charge in [-0.2, -0.15) is 0 Å². The van der Waals surface area contributed by atoms with Crippen LogP contribution in [0.5, 0.6) is 0 Å². The molecule has 2 aliphatic rings. The van der Waals surface area contributed by atoms with Crippen molar-refractivity contribution >= 4 is 11.7 Å². The number of aromatic nitrogens is 3. The lowest BCUT2D eigenvalue weighted by molar-refractivity contribution is 0.0792. The molecule has 27 heavy (non-hydrogen) atoms. The number of hydrogen-bond donors (Lipinski definition) is 0. The highest BCUT2D eigenvalue weighted by Crippen LogP contribution is 2.29. The lowest BCUT2D eigenvalue weighted by Crippen LogP contribution is -2.36. The summed E-state index contributed by atoms with van der Waals surface area (Å²) >= 11 is 0. The number of rotatable bonds is 4. The van der Waals surface area contributed by atoms with Gasteiger partial charge in [-0.15, -0.1) is 0 Å². The Morgan fingerprint density at radius 1 is 1.11 bits per heavy atom. The zero-order valence-electron chi connectivity index (χ0n) is 16.3. The van der Waals surface area contributed by atoms with Crippen LogP contribution in [0.4, 0.5) is 5.82 Å². The second-order valence-electron chi connectivity index (χ2n) is 7.98. The number of piperidine rings is 1. The van der Waals surface area contributed by atoms with Crippen molar-refractivity contribution in [1.29, 1.82) is 0 Å². The van der Waals surface area contributed by atoms with Gasteiger partial charge >= 0.3 is 0 Å². The Morgan fingerprint density at radius 3 is 2.63 bits per heavy atom. The van der Waals surface area contributed by atoms with E-state index < -0.39 is 0 Å². The van der Waals surface area contributed by atoms with E-state index in [1.165, 1.54) is 5.82 Å². The first kappa shape index (κ1) is 18.0. The Labute approximate surface area is 161 Å². The molecule has 4 heterocycles. The molecule has 2 aliphatic heterocycles. The number of likely N-dealkylation sites (tertiary alicyclic amines) is 1. The standard InChI is InChI=1S/C21H29N5O/c1-16(2)26-13-9-22-20(26)18-6-5-12-25(15-18)19-8-7-17(14-23-19)21(27)24-10-3-4-11-24/h7-9,13-14,16,18H,3-6,10-12,15H2,1-2H3/t18-/m1/s1. The topological polar surface area (TPSA) is 54.3 Å². The first-order chi connectivity index (χ1) is 13.1. The molecular formula is C21H29N5O. The number of imidazole rings is 1. The van der Waals surface area contributed by atoms with Crippen molar-refractivity contribution in [2.24, 2.45) is 0 Å². The molecule has 0 aromatic carbocycles. The van der Waals surface area contributed by atoms with Crippen LogP contribution >= 0.6 is 0 Å². The quantitative estimate of drug-likeness (QED) is 0.830. The van der Waals surface area contributed by atoms with Gasteiger partial charge in [0.2, 0.25) is 0 Å². The molecule has 0 bridgehead atoms. The van der Waals surface area contributed by atoms with E-state index in [1.807, 2.05) is 23.2 Å². The van der Waals surface area contributed by atoms with Crippen LogP contribution in [-0.2, 0) is 0 Å². The third-order valence-corrected chi connectivity index (χ3v) is 5.75. The Balaban J connectivity index is 1.46. The van der Waals surface area contributed by atoms with E-state index in [1.54, 1.807) is 6.20 Å². The Morgan fingerprint density at radius 2 is 1.93 bits per heavy atom. The zero-order valence-corrected chi connectivity index (χ0v) is 16.3. The minimum Gasteiger partial charge on any atom is -0.356 e. The number of pyridine rings is 1. The zero-order chi connectivity index (χ0) is 18.8. The molecule has 2 fully saturated rings. The SMILES string of the molecule is CC(C)n1ccnc1[C@@H]1CCCN(c2ccc(C(=O)N3CCCC3)cn2)C1. The average Bonchev–Trinajstić information content (AvgIpc) is 3.39. The number of amides is 1. The van der Waals surface area contributed by atoms with Gasteiger partial charge in [0.15, 0.2) is 0 Å². The van der Waals surface area contributed by atoms with E-state index in [4.69, 9.17) is 0 Å². The van der Waals surface area contributed by atoms with Crippen LogP contribution in [0.15, 0.2) is 30.7 Å². The number of carbonyl (C=O) groups is 1. The molecule has 0 saturated carbocycles. The van der Waals surface area contributed by atoms with Crippen molar-refractivity contribution in [1.82, 2.24) is 19.4 Å². The third kappa shape index (κ3) is 3.70. The largest absolute Gasteiger partial charge is 0.356 e. The summed E-state index contributed by atoms with van der Waals surface area (Å²) in [7, 11) is 0. The fourth-order valence-electron chi connectivity index (χ4n) is 4.28. The summed E-state index contributed by atoms with van der Waals surface area (Å²) in [5.41, 5.74) is 0.699. The van der Waals surface area contributed by atoms with Gasteiger partial charge in [0.25, 0.3) is 5.91 Å². The van der Waals surface area contributed by atoms with E-state index in [9.17, 15) is 4.79 Å². The molecule has 4 rings (SSSR count). The molecule has 0 radical (unpaired) electrons. The minimum absolute atomic E-state index is 0.113. The highest BCUT2D eigenvalue weighted by atomic mass is 16.2. The molecule has 6 heteroatoms. The highest BCUT2D eigenvalue weighted by Gasteiger charge is 2.26. The van der Waals surface area contributed by atoms with Crippen molar-refractivity contribution < 1.29 is 4.79 Å². The third-order valence-electron chi connectivity index (χ3n) is 5.75. The van der Waals surface area contributed by atoms with E-state index in [0.29, 0.717) is 17.5 Å². The van der Waals surface area contributed by atoms with E-state index in [0.717, 1.165) is 57.7 Å². The highest BCUT2D eigenvalue weighted by molar-refractivity contribution is 5.94. The Bertz CT molecular complexity index is 776. The van der Waals surface area contributed by atoms with E-state index in [2.05, 4.69) is 39.5 Å². The van der Waals surface area contributed by atoms with Crippen molar-refractivity contribution in [3.05, 3.63) is 42.1 Å². The summed E-state index contributed by atoms with van der Waals surface area (Å²) in [5, 5.41) is 0. The summed E-state index contributed by atoms with van der Waals surface area (Å²) < 4.78 is 2.28. The lowest BCUT2D eigenvalue weighted by Gasteiger charge is -2.34. The Hall–Kier alpha value is -2.37. The molecule has 6 nitrogen and oxygen atoms in total. The molecule has 2 aromatic heterocycles. The summed E-state index contributed by atoms with van der Waals surface area (Å²) in [4.78, 5) is 26.0. The predicted molar refractivity (Wildman–Crippen MR) is 106 cm³/mol. The molecule has 0 unspecified atom stereocenters. The summed E-state index contributed by atoms with van der Waals surface area (Å²) in [6, 6.07) is 4.36. The van der Waals surface area contributed by atoms with Crippen molar-refractivity contribution in [3.63, 3.8) is 0 Å². The van der Waals surface area contributed by atoms with Crippen LogP contribution in [0.3, 0.4) is 0 Å². The second-order valence-corrected chi connectivity index (χ2v) is 7.98. The summed E-state index contributed by atoms with van der Waals surface area (Å²) in [6.07, 6.45) is 10.2. The minimum atomic E-state index is 0.113.